The summed E-state index contributed by atoms with van der Waals surface area (Å²) in [6.07, 6.45) is 2.79. The quantitative estimate of drug-likeness (QED) is 0.728. The van der Waals surface area contributed by atoms with Crippen LogP contribution in [0.2, 0.25) is 0 Å². The van der Waals surface area contributed by atoms with Gasteiger partial charge in [0, 0.05) is 6.20 Å². The highest BCUT2D eigenvalue weighted by Crippen LogP contribution is 2.20. The summed E-state index contributed by atoms with van der Waals surface area (Å²) in [5.74, 6) is 0. The van der Waals surface area contributed by atoms with Crippen molar-refractivity contribution in [3.8, 4) is 0 Å². The predicted molar refractivity (Wildman–Crippen MR) is 71.9 cm³/mol. The monoisotopic (exact) mass is 224 g/mol. The molecular weight excluding hydrogens is 208 g/mol. The molecule has 1 aromatic carbocycles. The summed E-state index contributed by atoms with van der Waals surface area (Å²) in [6, 6.07) is 14.1. The lowest BCUT2D eigenvalue weighted by Gasteiger charge is -2.04. The highest BCUT2D eigenvalue weighted by Gasteiger charge is 2.01. The zero-order valence-corrected chi connectivity index (χ0v) is 10.2. The molecule has 0 aliphatic rings. The number of aromatic nitrogens is 1. The molecule has 0 saturated carbocycles. The Labute approximate surface area is 102 Å². The van der Waals surface area contributed by atoms with Gasteiger partial charge in [0.2, 0.25) is 0 Å². The standard InChI is InChI=1S/C15H16N2/c1-3-13-8-4-5-10-15(13)17-12(2)14-9-6-7-11-16-14/h4-11H,3H2,1-2H3/b17-12+. The van der Waals surface area contributed by atoms with E-state index in [1.165, 1.54) is 5.56 Å². The number of rotatable bonds is 3. The van der Waals surface area contributed by atoms with Crippen LogP contribution >= 0.6 is 0 Å². The van der Waals surface area contributed by atoms with E-state index in [4.69, 9.17) is 0 Å². The maximum atomic E-state index is 4.65. The van der Waals surface area contributed by atoms with E-state index < -0.39 is 0 Å². The zero-order valence-electron chi connectivity index (χ0n) is 10.2. The average Bonchev–Trinajstić information content (AvgIpc) is 2.40. The number of hydrogen-bond donors (Lipinski definition) is 0. The van der Waals surface area contributed by atoms with E-state index in [1.54, 1.807) is 6.20 Å². The Morgan fingerprint density at radius 1 is 1.12 bits per heavy atom. The maximum Gasteiger partial charge on any atom is 0.0841 e. The van der Waals surface area contributed by atoms with Gasteiger partial charge >= 0.3 is 0 Å². The van der Waals surface area contributed by atoms with Crippen molar-refractivity contribution in [1.29, 1.82) is 0 Å². The normalized spacial score (nSPS) is 11.5. The third-order valence-corrected chi connectivity index (χ3v) is 2.70. The highest BCUT2D eigenvalue weighted by atomic mass is 14.8. The second-order valence-electron chi connectivity index (χ2n) is 3.89. The Kier molecular flexibility index (Phi) is 3.66. The first-order valence-corrected chi connectivity index (χ1v) is 5.86. The van der Waals surface area contributed by atoms with Crippen LogP contribution in [-0.2, 0) is 6.42 Å². The summed E-state index contributed by atoms with van der Waals surface area (Å²) in [5.41, 5.74) is 4.19. The number of aryl methyl sites for hydroxylation is 1. The van der Waals surface area contributed by atoms with Gasteiger partial charge in [-0.05, 0) is 37.1 Å². The summed E-state index contributed by atoms with van der Waals surface area (Å²) < 4.78 is 0. The van der Waals surface area contributed by atoms with E-state index >= 15 is 0 Å². The van der Waals surface area contributed by atoms with Gasteiger partial charge in [-0.3, -0.25) is 9.98 Å². The molecule has 86 valence electrons. The van der Waals surface area contributed by atoms with E-state index in [0.29, 0.717) is 0 Å². The molecule has 2 rings (SSSR count). The number of para-hydroxylation sites is 1. The van der Waals surface area contributed by atoms with Gasteiger partial charge in [0.15, 0.2) is 0 Å². The summed E-state index contributed by atoms with van der Waals surface area (Å²) in [5, 5.41) is 0. The van der Waals surface area contributed by atoms with Gasteiger partial charge in [0.25, 0.3) is 0 Å². The van der Waals surface area contributed by atoms with Gasteiger partial charge in [0.05, 0.1) is 17.1 Å². The van der Waals surface area contributed by atoms with Gasteiger partial charge in [-0.2, -0.15) is 0 Å². The Morgan fingerprint density at radius 3 is 2.59 bits per heavy atom. The number of hydrogen-bond acceptors (Lipinski definition) is 2. The fourth-order valence-electron chi connectivity index (χ4n) is 1.73. The fraction of sp³-hybridized carbons (Fsp3) is 0.200. The lowest BCUT2D eigenvalue weighted by atomic mass is 10.1. The van der Waals surface area contributed by atoms with Crippen LogP contribution in [0.15, 0.2) is 53.7 Å². The van der Waals surface area contributed by atoms with Crippen LogP contribution in [-0.4, -0.2) is 10.7 Å². The van der Waals surface area contributed by atoms with E-state index in [0.717, 1.165) is 23.5 Å². The first-order chi connectivity index (χ1) is 8.31. The second kappa shape index (κ2) is 5.39. The summed E-state index contributed by atoms with van der Waals surface area (Å²) in [6.45, 7) is 4.14. The van der Waals surface area contributed by atoms with Gasteiger partial charge in [-0.1, -0.05) is 31.2 Å². The summed E-state index contributed by atoms with van der Waals surface area (Å²) in [7, 11) is 0. The second-order valence-corrected chi connectivity index (χ2v) is 3.89. The molecule has 0 spiro atoms. The molecule has 0 saturated heterocycles. The predicted octanol–water partition coefficient (Wildman–Crippen LogP) is 3.78. The van der Waals surface area contributed by atoms with Gasteiger partial charge < -0.3 is 0 Å². The van der Waals surface area contributed by atoms with Crippen LogP contribution in [0.5, 0.6) is 0 Å². The Hall–Kier alpha value is -1.96. The lowest BCUT2D eigenvalue weighted by Crippen LogP contribution is -1.97. The van der Waals surface area contributed by atoms with Crippen molar-refractivity contribution in [2.24, 2.45) is 4.99 Å². The van der Waals surface area contributed by atoms with Crippen molar-refractivity contribution in [2.75, 3.05) is 0 Å². The molecule has 0 atom stereocenters. The van der Waals surface area contributed by atoms with Crippen molar-refractivity contribution >= 4 is 11.4 Å². The Bertz CT molecular complexity index is 515. The van der Waals surface area contributed by atoms with Crippen LogP contribution < -0.4 is 0 Å². The SMILES string of the molecule is CCc1ccccc1/N=C(\C)c1ccccn1. The van der Waals surface area contributed by atoms with Crippen LogP contribution in [0, 0.1) is 0 Å². The minimum atomic E-state index is 0.929. The molecule has 2 nitrogen and oxygen atoms in total. The largest absolute Gasteiger partial charge is 0.255 e. The third kappa shape index (κ3) is 2.78. The zero-order chi connectivity index (χ0) is 12.1. The molecule has 0 radical (unpaired) electrons. The van der Waals surface area contributed by atoms with Crippen molar-refractivity contribution in [3.05, 3.63) is 59.9 Å². The Balaban J connectivity index is 2.36. The van der Waals surface area contributed by atoms with E-state index in [1.807, 2.05) is 43.3 Å². The maximum absolute atomic E-state index is 4.65. The first-order valence-electron chi connectivity index (χ1n) is 5.86. The van der Waals surface area contributed by atoms with Crippen molar-refractivity contribution in [2.45, 2.75) is 20.3 Å². The molecule has 0 bridgehead atoms. The van der Waals surface area contributed by atoms with E-state index in [9.17, 15) is 0 Å². The molecule has 0 aliphatic carbocycles. The van der Waals surface area contributed by atoms with Crippen LogP contribution in [0.1, 0.15) is 25.1 Å². The molecule has 2 aromatic rings. The van der Waals surface area contributed by atoms with Gasteiger partial charge in [0.1, 0.15) is 0 Å². The van der Waals surface area contributed by atoms with Crippen LogP contribution in [0.3, 0.4) is 0 Å². The molecule has 1 aromatic heterocycles. The number of nitrogens with zero attached hydrogens (tertiary/aromatic N) is 2. The molecule has 1 heterocycles. The molecule has 0 N–H and O–H groups in total. The molecule has 0 aliphatic heterocycles. The van der Waals surface area contributed by atoms with Gasteiger partial charge in [-0.15, -0.1) is 0 Å². The Morgan fingerprint density at radius 2 is 1.88 bits per heavy atom. The number of benzene rings is 1. The molecular formula is C15H16N2. The minimum Gasteiger partial charge on any atom is -0.255 e. The third-order valence-electron chi connectivity index (χ3n) is 2.70. The van der Waals surface area contributed by atoms with Crippen molar-refractivity contribution < 1.29 is 0 Å². The average molecular weight is 224 g/mol. The molecule has 2 heteroatoms. The van der Waals surface area contributed by atoms with E-state index in [-0.39, 0.29) is 0 Å². The topological polar surface area (TPSA) is 25.2 Å². The summed E-state index contributed by atoms with van der Waals surface area (Å²) >= 11 is 0. The smallest absolute Gasteiger partial charge is 0.0841 e. The summed E-state index contributed by atoms with van der Waals surface area (Å²) in [4.78, 5) is 8.95. The van der Waals surface area contributed by atoms with Gasteiger partial charge in [-0.25, -0.2) is 0 Å². The van der Waals surface area contributed by atoms with Crippen LogP contribution in [0.4, 0.5) is 5.69 Å². The van der Waals surface area contributed by atoms with E-state index in [2.05, 4.69) is 23.0 Å². The fourth-order valence-corrected chi connectivity index (χ4v) is 1.73. The lowest BCUT2D eigenvalue weighted by molar-refractivity contribution is 1.13. The van der Waals surface area contributed by atoms with Crippen molar-refractivity contribution in [3.63, 3.8) is 0 Å². The molecule has 0 fully saturated rings. The minimum absolute atomic E-state index is 0.929. The first kappa shape index (κ1) is 11.5. The molecule has 17 heavy (non-hydrogen) atoms. The van der Waals surface area contributed by atoms with Crippen molar-refractivity contribution in [1.82, 2.24) is 4.98 Å². The molecule has 0 unspecified atom stereocenters. The number of pyridine rings is 1. The molecule has 0 amide bonds. The van der Waals surface area contributed by atoms with Crippen LogP contribution in [0.25, 0.3) is 0 Å². The number of aliphatic imine (C=N–C) groups is 1. The highest BCUT2D eigenvalue weighted by molar-refractivity contribution is 5.98.